The molecule has 0 spiro atoms. The van der Waals surface area contributed by atoms with Gasteiger partial charge in [-0.05, 0) is 6.42 Å². The summed E-state index contributed by atoms with van der Waals surface area (Å²) in [6, 6.07) is 0. The molecule has 9 heteroatoms. The third-order valence-electron chi connectivity index (χ3n) is 2.84. The van der Waals surface area contributed by atoms with Gasteiger partial charge in [-0.15, -0.1) is 0 Å². The number of aliphatic hydroxyl groups is 3. The maximum Gasteiger partial charge on any atom is 0.249 e. The van der Waals surface area contributed by atoms with Gasteiger partial charge < -0.3 is 36.3 Å². The molecule has 110 valence electrons. The standard InChI is InChI=1S/C10H18N2O7/c1-2-3(8(11)16)18-10-6(15)4(13)5(14)7(19-10)9(12)17/h3-7,10,13-15H,2H2,1H3,(H2,11,16)(H2,12,17)/t3?,4?,5-,6-,7?,10-/m0/s1. The number of carbonyl (C=O) groups excluding carboxylic acids is 2. The van der Waals surface area contributed by atoms with Crippen molar-refractivity contribution in [1.29, 1.82) is 0 Å². The summed E-state index contributed by atoms with van der Waals surface area (Å²) in [5.74, 6) is -1.81. The minimum Gasteiger partial charge on any atom is -0.387 e. The summed E-state index contributed by atoms with van der Waals surface area (Å²) < 4.78 is 10.0. The maximum absolute atomic E-state index is 11.0. The van der Waals surface area contributed by atoms with E-state index in [2.05, 4.69) is 0 Å². The van der Waals surface area contributed by atoms with Crippen LogP contribution in [0.4, 0.5) is 0 Å². The predicted molar refractivity (Wildman–Crippen MR) is 60.2 cm³/mol. The van der Waals surface area contributed by atoms with Crippen molar-refractivity contribution < 1.29 is 34.4 Å². The average molecular weight is 278 g/mol. The zero-order valence-electron chi connectivity index (χ0n) is 10.3. The molecule has 1 aliphatic heterocycles. The lowest BCUT2D eigenvalue weighted by Crippen LogP contribution is -2.62. The zero-order valence-corrected chi connectivity index (χ0v) is 10.3. The fraction of sp³-hybridized carbons (Fsp3) is 0.800. The van der Waals surface area contributed by atoms with Crippen LogP contribution in [-0.2, 0) is 19.1 Å². The number of hydrogen-bond donors (Lipinski definition) is 5. The topological polar surface area (TPSA) is 165 Å². The van der Waals surface area contributed by atoms with Gasteiger partial charge in [0.05, 0.1) is 0 Å². The van der Waals surface area contributed by atoms with Gasteiger partial charge in [-0.2, -0.15) is 0 Å². The maximum atomic E-state index is 11.0. The number of nitrogens with two attached hydrogens (primary N) is 2. The van der Waals surface area contributed by atoms with Gasteiger partial charge >= 0.3 is 0 Å². The molecule has 1 heterocycles. The summed E-state index contributed by atoms with van der Waals surface area (Å²) in [7, 11) is 0. The van der Waals surface area contributed by atoms with Crippen LogP contribution >= 0.6 is 0 Å². The fourth-order valence-corrected chi connectivity index (χ4v) is 1.72. The molecule has 0 aromatic rings. The molecule has 0 bridgehead atoms. The van der Waals surface area contributed by atoms with Gasteiger partial charge in [-0.1, -0.05) is 6.92 Å². The van der Waals surface area contributed by atoms with E-state index in [9.17, 15) is 24.9 Å². The van der Waals surface area contributed by atoms with Gasteiger partial charge in [-0.3, -0.25) is 9.59 Å². The number of ether oxygens (including phenoxy) is 2. The van der Waals surface area contributed by atoms with Crippen molar-refractivity contribution in [1.82, 2.24) is 0 Å². The van der Waals surface area contributed by atoms with Crippen molar-refractivity contribution in [2.45, 2.75) is 50.2 Å². The highest BCUT2D eigenvalue weighted by molar-refractivity contribution is 5.80. The van der Waals surface area contributed by atoms with Crippen molar-refractivity contribution in [3.8, 4) is 0 Å². The summed E-state index contributed by atoms with van der Waals surface area (Å²) in [6.45, 7) is 1.61. The van der Waals surface area contributed by atoms with Crippen molar-refractivity contribution >= 4 is 11.8 Å². The molecule has 0 aliphatic carbocycles. The molecule has 3 unspecified atom stereocenters. The summed E-state index contributed by atoms with van der Waals surface area (Å²) >= 11 is 0. The quantitative estimate of drug-likeness (QED) is 0.349. The van der Waals surface area contributed by atoms with Crippen molar-refractivity contribution in [2.75, 3.05) is 0 Å². The van der Waals surface area contributed by atoms with E-state index in [1.165, 1.54) is 0 Å². The second-order valence-corrected chi connectivity index (χ2v) is 4.23. The normalized spacial score (nSPS) is 36.7. The van der Waals surface area contributed by atoms with Crippen LogP contribution in [0.15, 0.2) is 0 Å². The van der Waals surface area contributed by atoms with Crippen LogP contribution in [0.3, 0.4) is 0 Å². The van der Waals surface area contributed by atoms with Crippen molar-refractivity contribution in [3.05, 3.63) is 0 Å². The van der Waals surface area contributed by atoms with Crippen LogP contribution in [0.5, 0.6) is 0 Å². The second kappa shape index (κ2) is 6.26. The third kappa shape index (κ3) is 3.39. The van der Waals surface area contributed by atoms with Crippen LogP contribution in [0.25, 0.3) is 0 Å². The smallest absolute Gasteiger partial charge is 0.249 e. The van der Waals surface area contributed by atoms with Crippen LogP contribution in [-0.4, -0.2) is 63.9 Å². The Morgan fingerprint density at radius 1 is 1.21 bits per heavy atom. The average Bonchev–Trinajstić information content (AvgIpc) is 2.34. The molecule has 6 atom stereocenters. The molecule has 7 N–H and O–H groups in total. The van der Waals surface area contributed by atoms with Crippen LogP contribution in [0.2, 0.25) is 0 Å². The lowest BCUT2D eigenvalue weighted by molar-refractivity contribution is -0.298. The first-order chi connectivity index (χ1) is 8.79. The number of amides is 2. The number of hydrogen-bond acceptors (Lipinski definition) is 7. The third-order valence-corrected chi connectivity index (χ3v) is 2.84. The Balaban J connectivity index is 2.82. The Morgan fingerprint density at radius 3 is 2.21 bits per heavy atom. The van der Waals surface area contributed by atoms with Gasteiger partial charge in [0.25, 0.3) is 0 Å². The van der Waals surface area contributed by atoms with Crippen molar-refractivity contribution in [3.63, 3.8) is 0 Å². The van der Waals surface area contributed by atoms with E-state index in [1.807, 2.05) is 0 Å². The number of primary amides is 2. The highest BCUT2D eigenvalue weighted by atomic mass is 16.7. The molecule has 0 radical (unpaired) electrons. The highest BCUT2D eigenvalue weighted by Crippen LogP contribution is 2.23. The largest absolute Gasteiger partial charge is 0.387 e. The first kappa shape index (κ1) is 15.8. The summed E-state index contributed by atoms with van der Waals surface area (Å²) in [6.07, 6.45) is -8.90. The Hall–Kier alpha value is -1.26. The first-order valence-electron chi connectivity index (χ1n) is 5.73. The molecule has 2 amide bonds. The molecule has 19 heavy (non-hydrogen) atoms. The molecule has 1 fully saturated rings. The van der Waals surface area contributed by atoms with E-state index >= 15 is 0 Å². The molecule has 1 rings (SSSR count). The second-order valence-electron chi connectivity index (χ2n) is 4.23. The van der Waals surface area contributed by atoms with Gasteiger partial charge in [0.1, 0.15) is 24.4 Å². The van der Waals surface area contributed by atoms with E-state index in [-0.39, 0.29) is 6.42 Å². The van der Waals surface area contributed by atoms with Gasteiger partial charge in [0, 0.05) is 0 Å². The van der Waals surface area contributed by atoms with Gasteiger partial charge in [0.15, 0.2) is 12.4 Å². The Kier molecular flexibility index (Phi) is 5.20. The molecule has 9 nitrogen and oxygen atoms in total. The first-order valence-corrected chi connectivity index (χ1v) is 5.73. The van der Waals surface area contributed by atoms with Gasteiger partial charge in [0.2, 0.25) is 11.8 Å². The van der Waals surface area contributed by atoms with Crippen LogP contribution in [0.1, 0.15) is 13.3 Å². The molecule has 1 saturated heterocycles. The zero-order chi connectivity index (χ0) is 14.7. The number of aliphatic hydroxyl groups excluding tert-OH is 3. The van der Waals surface area contributed by atoms with Crippen molar-refractivity contribution in [2.24, 2.45) is 11.5 Å². The highest BCUT2D eigenvalue weighted by Gasteiger charge is 2.47. The molecule has 0 aromatic carbocycles. The van der Waals surface area contributed by atoms with E-state index in [1.54, 1.807) is 6.92 Å². The number of carbonyl (C=O) groups is 2. The lowest BCUT2D eigenvalue weighted by Gasteiger charge is -2.39. The SMILES string of the molecule is CCC(O[C@H]1OC(C(N)=O)[C@@H](O)C(O)[C@@H]1O)C(N)=O. The summed E-state index contributed by atoms with van der Waals surface area (Å²) in [5.41, 5.74) is 10.0. The minimum atomic E-state index is -1.69. The Bertz CT molecular complexity index is 349. The van der Waals surface area contributed by atoms with E-state index in [0.29, 0.717) is 0 Å². The summed E-state index contributed by atoms with van der Waals surface area (Å²) in [5, 5.41) is 28.8. The Labute approximate surface area is 109 Å². The monoisotopic (exact) mass is 278 g/mol. The van der Waals surface area contributed by atoms with E-state index < -0.39 is 48.6 Å². The molecule has 1 aliphatic rings. The fourth-order valence-electron chi connectivity index (χ4n) is 1.72. The van der Waals surface area contributed by atoms with Crippen LogP contribution < -0.4 is 11.5 Å². The molecule has 0 saturated carbocycles. The Morgan fingerprint density at radius 2 is 1.79 bits per heavy atom. The predicted octanol–water partition coefficient (Wildman–Crippen LogP) is -3.44. The molecular weight excluding hydrogens is 260 g/mol. The van der Waals surface area contributed by atoms with E-state index in [0.717, 1.165) is 0 Å². The van der Waals surface area contributed by atoms with Gasteiger partial charge in [-0.25, -0.2) is 0 Å². The van der Waals surface area contributed by atoms with E-state index in [4.69, 9.17) is 20.9 Å². The number of rotatable bonds is 5. The van der Waals surface area contributed by atoms with Crippen LogP contribution in [0, 0.1) is 0 Å². The minimum absolute atomic E-state index is 0.210. The lowest BCUT2D eigenvalue weighted by atomic mass is 9.98. The molecule has 0 aromatic heterocycles. The molecular formula is C10H18N2O7. The summed E-state index contributed by atoms with van der Waals surface area (Å²) in [4.78, 5) is 22.1.